The summed E-state index contributed by atoms with van der Waals surface area (Å²) in [4.78, 5) is 36.7. The zero-order chi connectivity index (χ0) is 23.1. The molecule has 0 fully saturated rings. The van der Waals surface area contributed by atoms with E-state index < -0.39 is 22.9 Å². The molecule has 0 aliphatic carbocycles. The highest BCUT2D eigenvalue weighted by Gasteiger charge is 2.22. The number of hydrogen-bond acceptors (Lipinski definition) is 7. The van der Waals surface area contributed by atoms with Gasteiger partial charge in [0.2, 0.25) is 0 Å². The molecule has 0 saturated carbocycles. The van der Waals surface area contributed by atoms with E-state index in [4.69, 9.17) is 4.74 Å². The van der Waals surface area contributed by atoms with Crippen molar-refractivity contribution in [3.8, 4) is 6.07 Å². The van der Waals surface area contributed by atoms with E-state index in [1.165, 1.54) is 43.0 Å². The van der Waals surface area contributed by atoms with Gasteiger partial charge in [0.05, 0.1) is 16.1 Å². The van der Waals surface area contributed by atoms with Crippen LogP contribution in [0.5, 0.6) is 0 Å². The predicted molar refractivity (Wildman–Crippen MR) is 118 cm³/mol. The molecule has 32 heavy (non-hydrogen) atoms. The molecule has 1 unspecified atom stereocenters. The number of nitriles is 1. The first-order valence-electron chi connectivity index (χ1n) is 9.41. The second-order valence-electron chi connectivity index (χ2n) is 6.55. The van der Waals surface area contributed by atoms with Crippen molar-refractivity contribution in [3.05, 3.63) is 94.0 Å². The highest BCUT2D eigenvalue weighted by atomic mass is 32.2. The van der Waals surface area contributed by atoms with E-state index in [1.807, 2.05) is 0 Å². The van der Waals surface area contributed by atoms with E-state index in [-0.39, 0.29) is 16.9 Å². The second kappa shape index (κ2) is 10.2. The van der Waals surface area contributed by atoms with E-state index in [2.05, 4.69) is 11.4 Å². The van der Waals surface area contributed by atoms with Crippen LogP contribution < -0.4 is 5.32 Å². The van der Waals surface area contributed by atoms with Crippen molar-refractivity contribution < 1.29 is 19.2 Å². The number of esters is 1. The second-order valence-corrected chi connectivity index (χ2v) is 7.63. The zero-order valence-electron chi connectivity index (χ0n) is 16.8. The summed E-state index contributed by atoms with van der Waals surface area (Å²) in [6, 6.07) is 21.3. The molecule has 0 spiro atoms. The zero-order valence-corrected chi connectivity index (χ0v) is 17.7. The number of nitrogens with one attached hydrogen (secondary N) is 1. The van der Waals surface area contributed by atoms with Crippen LogP contribution in [0.1, 0.15) is 22.8 Å². The summed E-state index contributed by atoms with van der Waals surface area (Å²) in [7, 11) is 0. The molecule has 1 N–H and O–H groups in total. The SMILES string of the molecule is CC(OC(=O)c1ccccc1Sc1ccccc1C#N)C(=O)Nc1cccc([N+](=O)[O-])c1. The van der Waals surface area contributed by atoms with Gasteiger partial charge in [-0.05, 0) is 37.3 Å². The lowest BCUT2D eigenvalue weighted by molar-refractivity contribution is -0.384. The van der Waals surface area contributed by atoms with Gasteiger partial charge in [0.15, 0.2) is 6.10 Å². The average molecular weight is 447 g/mol. The van der Waals surface area contributed by atoms with Gasteiger partial charge in [-0.1, -0.05) is 42.1 Å². The standard InChI is InChI=1S/C23H17N3O5S/c1-15(22(27)25-17-8-6-9-18(13-17)26(29)30)31-23(28)19-10-3-5-12-21(19)32-20-11-4-2-7-16(20)14-24/h2-13,15H,1H3,(H,25,27). The van der Waals surface area contributed by atoms with Crippen LogP contribution in [0.15, 0.2) is 82.6 Å². The Morgan fingerprint density at radius 3 is 2.47 bits per heavy atom. The highest BCUT2D eigenvalue weighted by molar-refractivity contribution is 7.99. The molecular weight excluding hydrogens is 430 g/mol. The normalized spacial score (nSPS) is 11.1. The van der Waals surface area contributed by atoms with Gasteiger partial charge >= 0.3 is 5.97 Å². The van der Waals surface area contributed by atoms with Crippen LogP contribution in [-0.2, 0) is 9.53 Å². The molecule has 160 valence electrons. The summed E-state index contributed by atoms with van der Waals surface area (Å²) in [5, 5.41) is 22.7. The summed E-state index contributed by atoms with van der Waals surface area (Å²) in [6.45, 7) is 1.41. The molecule has 0 radical (unpaired) electrons. The maximum absolute atomic E-state index is 12.8. The molecule has 3 aromatic rings. The van der Waals surface area contributed by atoms with Crippen molar-refractivity contribution in [3.63, 3.8) is 0 Å². The van der Waals surface area contributed by atoms with Crippen LogP contribution in [-0.4, -0.2) is 22.9 Å². The van der Waals surface area contributed by atoms with Gasteiger partial charge in [0, 0.05) is 27.6 Å². The highest BCUT2D eigenvalue weighted by Crippen LogP contribution is 2.33. The molecule has 3 rings (SSSR count). The molecule has 9 heteroatoms. The Kier molecular flexibility index (Phi) is 7.21. The maximum atomic E-state index is 12.8. The lowest BCUT2D eigenvalue weighted by atomic mass is 10.2. The molecule has 0 aromatic heterocycles. The summed E-state index contributed by atoms with van der Waals surface area (Å²) >= 11 is 1.25. The molecule has 0 bridgehead atoms. The number of nitro groups is 1. The van der Waals surface area contributed by atoms with Crippen molar-refractivity contribution in [1.29, 1.82) is 5.26 Å². The quantitative estimate of drug-likeness (QED) is 0.313. The molecule has 0 heterocycles. The number of nitrogens with zero attached hydrogens (tertiary/aromatic N) is 2. The van der Waals surface area contributed by atoms with Crippen molar-refractivity contribution in [1.82, 2.24) is 0 Å². The molecule has 3 aromatic carbocycles. The first-order chi connectivity index (χ1) is 15.4. The van der Waals surface area contributed by atoms with Crippen LogP contribution in [0, 0.1) is 21.4 Å². The first kappa shape index (κ1) is 22.5. The monoisotopic (exact) mass is 447 g/mol. The minimum absolute atomic E-state index is 0.170. The van der Waals surface area contributed by atoms with E-state index in [9.17, 15) is 25.0 Å². The number of rotatable bonds is 7. The summed E-state index contributed by atoms with van der Waals surface area (Å²) < 4.78 is 5.32. The fraction of sp³-hybridized carbons (Fsp3) is 0.0870. The van der Waals surface area contributed by atoms with Crippen molar-refractivity contribution in [2.75, 3.05) is 5.32 Å². The average Bonchev–Trinajstić information content (AvgIpc) is 2.79. The number of benzene rings is 3. The molecule has 8 nitrogen and oxygen atoms in total. The minimum Gasteiger partial charge on any atom is -0.449 e. The largest absolute Gasteiger partial charge is 0.449 e. The van der Waals surface area contributed by atoms with E-state index in [1.54, 1.807) is 48.5 Å². The van der Waals surface area contributed by atoms with Crippen molar-refractivity contribution >= 4 is 35.0 Å². The number of non-ortho nitro benzene ring substituents is 1. The van der Waals surface area contributed by atoms with Gasteiger partial charge in [-0.15, -0.1) is 0 Å². The topological polar surface area (TPSA) is 122 Å². The van der Waals surface area contributed by atoms with Gasteiger partial charge < -0.3 is 10.1 Å². The number of carbonyl (C=O) groups excluding carboxylic acids is 2. The molecule has 1 amide bonds. The molecular formula is C23H17N3O5S. The number of ether oxygens (including phenoxy) is 1. The smallest absolute Gasteiger partial charge is 0.340 e. The third-order valence-corrected chi connectivity index (χ3v) is 5.46. The lowest BCUT2D eigenvalue weighted by Crippen LogP contribution is -2.30. The first-order valence-corrected chi connectivity index (χ1v) is 10.2. The van der Waals surface area contributed by atoms with Crippen molar-refractivity contribution in [2.45, 2.75) is 22.8 Å². The Labute approximate surface area is 188 Å². The Balaban J connectivity index is 1.72. The third-order valence-electron chi connectivity index (χ3n) is 4.31. The van der Waals surface area contributed by atoms with E-state index in [0.29, 0.717) is 15.4 Å². The number of nitro benzene ring substituents is 1. The van der Waals surface area contributed by atoms with E-state index >= 15 is 0 Å². The van der Waals surface area contributed by atoms with Gasteiger partial charge in [-0.2, -0.15) is 5.26 Å². The molecule has 1 atom stereocenters. The number of amides is 1. The van der Waals surface area contributed by atoms with Gasteiger partial charge in [0.25, 0.3) is 11.6 Å². The Morgan fingerprint density at radius 2 is 1.75 bits per heavy atom. The maximum Gasteiger partial charge on any atom is 0.340 e. The fourth-order valence-electron chi connectivity index (χ4n) is 2.71. The Hall–Kier alpha value is -4.16. The van der Waals surface area contributed by atoms with Crippen LogP contribution >= 0.6 is 11.8 Å². The number of anilines is 1. The van der Waals surface area contributed by atoms with Crippen LogP contribution in [0.2, 0.25) is 0 Å². The van der Waals surface area contributed by atoms with Crippen LogP contribution in [0.4, 0.5) is 11.4 Å². The molecule has 0 aliphatic rings. The van der Waals surface area contributed by atoms with Gasteiger partial charge in [-0.3, -0.25) is 14.9 Å². The fourth-order valence-corrected chi connectivity index (χ4v) is 3.72. The predicted octanol–water partition coefficient (Wildman–Crippen LogP) is 4.80. The number of carbonyl (C=O) groups is 2. The Morgan fingerprint density at radius 1 is 1.06 bits per heavy atom. The van der Waals surface area contributed by atoms with Crippen LogP contribution in [0.3, 0.4) is 0 Å². The molecule has 0 aliphatic heterocycles. The van der Waals surface area contributed by atoms with Gasteiger partial charge in [-0.25, -0.2) is 4.79 Å². The third kappa shape index (κ3) is 5.50. The van der Waals surface area contributed by atoms with Crippen LogP contribution in [0.25, 0.3) is 0 Å². The number of hydrogen-bond donors (Lipinski definition) is 1. The Bertz CT molecular complexity index is 1220. The van der Waals surface area contributed by atoms with Crippen molar-refractivity contribution in [2.24, 2.45) is 0 Å². The summed E-state index contributed by atoms with van der Waals surface area (Å²) in [6.07, 6.45) is -1.15. The molecule has 0 saturated heterocycles. The van der Waals surface area contributed by atoms with Gasteiger partial charge in [0.1, 0.15) is 6.07 Å². The summed E-state index contributed by atoms with van der Waals surface area (Å²) in [5.41, 5.74) is 0.776. The summed E-state index contributed by atoms with van der Waals surface area (Å²) in [5.74, 6) is -1.33. The lowest BCUT2D eigenvalue weighted by Gasteiger charge is -2.15. The minimum atomic E-state index is -1.15. The van der Waals surface area contributed by atoms with E-state index in [0.717, 1.165) is 0 Å².